The molecule has 8 heteroatoms. The number of aromatic nitrogens is 1. The van der Waals surface area contributed by atoms with E-state index in [-0.39, 0.29) is 24.8 Å². The molecule has 4 heterocycles. The van der Waals surface area contributed by atoms with Crippen LogP contribution in [0.3, 0.4) is 0 Å². The Morgan fingerprint density at radius 1 is 1.15 bits per heavy atom. The molecule has 0 spiro atoms. The molecule has 6 nitrogen and oxygen atoms in total. The Morgan fingerprint density at radius 2 is 1.93 bits per heavy atom. The second-order valence-corrected chi connectivity index (χ2v) is 8.05. The Labute approximate surface area is 175 Å². The summed E-state index contributed by atoms with van der Waals surface area (Å²) in [5, 5.41) is 14.2. The zero-order valence-electron chi connectivity index (χ0n) is 16.1. The van der Waals surface area contributed by atoms with Gasteiger partial charge in [0.25, 0.3) is 0 Å². The van der Waals surface area contributed by atoms with Gasteiger partial charge >= 0.3 is 0 Å². The van der Waals surface area contributed by atoms with Gasteiger partial charge in [-0.3, -0.25) is 4.90 Å². The molecular formula is C19H33Cl2N5O. The highest BCUT2D eigenvalue weighted by molar-refractivity contribution is 5.85. The van der Waals surface area contributed by atoms with E-state index < -0.39 is 5.60 Å². The van der Waals surface area contributed by atoms with Crippen LogP contribution in [0.5, 0.6) is 0 Å². The fraction of sp³-hybridized carbons (Fsp3) is 0.737. The number of pyridine rings is 1. The lowest BCUT2D eigenvalue weighted by molar-refractivity contribution is -0.0539. The van der Waals surface area contributed by atoms with Crippen LogP contribution in [0.1, 0.15) is 18.4 Å². The topological polar surface area (TPSA) is 54.9 Å². The minimum atomic E-state index is -0.469. The van der Waals surface area contributed by atoms with E-state index in [4.69, 9.17) is 4.98 Å². The molecule has 0 radical (unpaired) electrons. The molecule has 3 aliphatic rings. The van der Waals surface area contributed by atoms with Crippen LogP contribution in [-0.4, -0.2) is 84.9 Å². The standard InChI is InChI=1S/C19H31N5O.2ClH/c1-22-8-10-23(11-9-22)14-16-2-3-18(21-12-16)24-7-5-19(25)4-6-20-13-17(19)15-24;;/h2-3,12,17,20,25H,4-11,13-15H2,1H3;2*1H/t17-,19-;;/m0../s1. The average molecular weight is 418 g/mol. The summed E-state index contributed by atoms with van der Waals surface area (Å²) in [6.07, 6.45) is 3.76. The normalized spacial score (nSPS) is 29.4. The van der Waals surface area contributed by atoms with Crippen molar-refractivity contribution in [1.29, 1.82) is 0 Å². The van der Waals surface area contributed by atoms with Gasteiger partial charge in [-0.25, -0.2) is 4.98 Å². The predicted octanol–water partition coefficient (Wildman–Crippen LogP) is 1.22. The quantitative estimate of drug-likeness (QED) is 0.770. The second-order valence-electron chi connectivity index (χ2n) is 8.05. The third-order valence-corrected chi connectivity index (χ3v) is 6.28. The number of rotatable bonds is 3. The summed E-state index contributed by atoms with van der Waals surface area (Å²) >= 11 is 0. The fourth-order valence-electron chi connectivity index (χ4n) is 4.39. The summed E-state index contributed by atoms with van der Waals surface area (Å²) in [6.45, 7) is 9.21. The molecule has 0 amide bonds. The first-order valence-corrected chi connectivity index (χ1v) is 9.66. The van der Waals surface area contributed by atoms with Crippen molar-refractivity contribution in [2.24, 2.45) is 5.92 Å². The molecule has 1 aromatic heterocycles. The Kier molecular flexibility index (Phi) is 8.16. The van der Waals surface area contributed by atoms with E-state index in [0.717, 1.165) is 77.6 Å². The van der Waals surface area contributed by atoms with E-state index in [2.05, 4.69) is 39.2 Å². The number of piperidine rings is 2. The third-order valence-electron chi connectivity index (χ3n) is 6.28. The van der Waals surface area contributed by atoms with E-state index in [1.165, 1.54) is 5.56 Å². The number of hydrogen-bond donors (Lipinski definition) is 2. The molecule has 1 aromatic rings. The Bertz CT molecular complexity index is 582. The molecule has 3 fully saturated rings. The molecule has 2 atom stereocenters. The highest BCUT2D eigenvalue weighted by atomic mass is 35.5. The van der Waals surface area contributed by atoms with Crippen LogP contribution < -0.4 is 10.2 Å². The lowest BCUT2D eigenvalue weighted by atomic mass is 9.76. The van der Waals surface area contributed by atoms with Crippen LogP contribution in [0.2, 0.25) is 0 Å². The minimum absolute atomic E-state index is 0. The summed E-state index contributed by atoms with van der Waals surface area (Å²) < 4.78 is 0. The highest BCUT2D eigenvalue weighted by Crippen LogP contribution is 2.34. The first kappa shape index (κ1) is 22.7. The van der Waals surface area contributed by atoms with Gasteiger partial charge in [0.1, 0.15) is 5.82 Å². The van der Waals surface area contributed by atoms with E-state index in [1.54, 1.807) is 0 Å². The summed E-state index contributed by atoms with van der Waals surface area (Å²) in [5.41, 5.74) is 0.824. The lowest BCUT2D eigenvalue weighted by Crippen LogP contribution is -2.59. The molecule has 0 aromatic carbocycles. The minimum Gasteiger partial charge on any atom is -0.389 e. The molecule has 0 saturated carbocycles. The summed E-state index contributed by atoms with van der Waals surface area (Å²) in [4.78, 5) is 12.0. The van der Waals surface area contributed by atoms with Crippen LogP contribution >= 0.6 is 24.8 Å². The number of hydrogen-bond acceptors (Lipinski definition) is 6. The molecular weight excluding hydrogens is 385 g/mol. The molecule has 27 heavy (non-hydrogen) atoms. The predicted molar refractivity (Wildman–Crippen MR) is 114 cm³/mol. The Morgan fingerprint density at radius 3 is 2.63 bits per heavy atom. The van der Waals surface area contributed by atoms with Gasteiger partial charge in [0, 0.05) is 64.5 Å². The monoisotopic (exact) mass is 417 g/mol. The smallest absolute Gasteiger partial charge is 0.128 e. The molecule has 0 unspecified atom stereocenters. The largest absolute Gasteiger partial charge is 0.389 e. The molecule has 0 aliphatic carbocycles. The van der Waals surface area contributed by atoms with Gasteiger partial charge in [-0.15, -0.1) is 24.8 Å². The van der Waals surface area contributed by atoms with Crippen LogP contribution in [-0.2, 0) is 6.54 Å². The number of anilines is 1. The van der Waals surface area contributed by atoms with Crippen molar-refractivity contribution < 1.29 is 5.11 Å². The summed E-state index contributed by atoms with van der Waals surface area (Å²) in [6, 6.07) is 4.38. The molecule has 2 N–H and O–H groups in total. The number of aliphatic hydroxyl groups is 1. The van der Waals surface area contributed by atoms with Crippen LogP contribution in [0.25, 0.3) is 0 Å². The zero-order chi connectivity index (χ0) is 17.3. The van der Waals surface area contributed by atoms with Gasteiger partial charge in [-0.1, -0.05) is 6.07 Å². The van der Waals surface area contributed by atoms with Crippen molar-refractivity contribution in [3.63, 3.8) is 0 Å². The maximum absolute atomic E-state index is 10.8. The third kappa shape index (κ3) is 5.25. The van der Waals surface area contributed by atoms with E-state index >= 15 is 0 Å². The SMILES string of the molecule is CN1CCN(Cc2ccc(N3CC[C@@]4(O)CCNC[C@H]4C3)nc2)CC1.Cl.Cl. The molecule has 0 bridgehead atoms. The molecule has 4 rings (SSSR count). The molecule has 3 aliphatic heterocycles. The Balaban J connectivity index is 0.00000131. The molecule has 3 saturated heterocycles. The van der Waals surface area contributed by atoms with Gasteiger partial charge in [0.15, 0.2) is 0 Å². The highest BCUT2D eigenvalue weighted by Gasteiger charge is 2.43. The number of halogens is 2. The van der Waals surface area contributed by atoms with E-state index in [9.17, 15) is 5.11 Å². The lowest BCUT2D eigenvalue weighted by Gasteiger charge is -2.47. The van der Waals surface area contributed by atoms with E-state index in [1.807, 2.05) is 6.20 Å². The van der Waals surface area contributed by atoms with E-state index in [0.29, 0.717) is 5.92 Å². The second kappa shape index (κ2) is 9.72. The van der Waals surface area contributed by atoms with Crippen molar-refractivity contribution in [2.75, 3.05) is 64.3 Å². The Hall–Kier alpha value is -0.630. The summed E-state index contributed by atoms with van der Waals surface area (Å²) in [7, 11) is 2.19. The van der Waals surface area contributed by atoms with Gasteiger partial charge < -0.3 is 20.2 Å². The number of nitrogens with zero attached hydrogens (tertiary/aromatic N) is 4. The van der Waals surface area contributed by atoms with Gasteiger partial charge in [-0.2, -0.15) is 0 Å². The summed E-state index contributed by atoms with van der Waals surface area (Å²) in [5.74, 6) is 1.36. The van der Waals surface area contributed by atoms with Crippen LogP contribution in [0.15, 0.2) is 18.3 Å². The molecule has 154 valence electrons. The fourth-order valence-corrected chi connectivity index (χ4v) is 4.39. The van der Waals surface area contributed by atoms with Gasteiger partial charge in [-0.05, 0) is 38.1 Å². The van der Waals surface area contributed by atoms with Crippen LogP contribution in [0, 0.1) is 5.92 Å². The first-order chi connectivity index (χ1) is 12.1. The maximum atomic E-state index is 10.8. The zero-order valence-corrected chi connectivity index (χ0v) is 17.8. The van der Waals surface area contributed by atoms with Crippen molar-refractivity contribution in [2.45, 2.75) is 25.0 Å². The number of likely N-dealkylation sites (N-methyl/N-ethyl adjacent to an activating group) is 1. The number of piperazine rings is 1. The van der Waals surface area contributed by atoms with Crippen molar-refractivity contribution in [3.05, 3.63) is 23.9 Å². The number of nitrogens with one attached hydrogen (secondary N) is 1. The van der Waals surface area contributed by atoms with Crippen LogP contribution in [0.4, 0.5) is 5.82 Å². The average Bonchev–Trinajstić information content (AvgIpc) is 2.63. The number of fused-ring (bicyclic) bond motifs is 1. The van der Waals surface area contributed by atoms with Crippen molar-refractivity contribution in [1.82, 2.24) is 20.1 Å². The van der Waals surface area contributed by atoms with Gasteiger partial charge in [0.2, 0.25) is 0 Å². The van der Waals surface area contributed by atoms with Crippen molar-refractivity contribution >= 4 is 30.6 Å². The van der Waals surface area contributed by atoms with Crippen molar-refractivity contribution in [3.8, 4) is 0 Å². The maximum Gasteiger partial charge on any atom is 0.128 e. The van der Waals surface area contributed by atoms with Gasteiger partial charge in [0.05, 0.1) is 5.60 Å². The first-order valence-electron chi connectivity index (χ1n) is 9.66.